The quantitative estimate of drug-likeness (QED) is 0.758. The number of H-pyrrole nitrogens is 1. The first-order valence-electron chi connectivity index (χ1n) is 7.48. The normalized spacial score (nSPS) is 18.5. The van der Waals surface area contributed by atoms with Crippen LogP contribution in [0.1, 0.15) is 34.4 Å². The van der Waals surface area contributed by atoms with Crippen molar-refractivity contribution in [3.8, 4) is 0 Å². The van der Waals surface area contributed by atoms with Gasteiger partial charge in [0.05, 0.1) is 23.5 Å². The highest BCUT2D eigenvalue weighted by molar-refractivity contribution is 5.95. The average molecular weight is 332 g/mol. The van der Waals surface area contributed by atoms with E-state index in [4.69, 9.17) is 0 Å². The van der Waals surface area contributed by atoms with Crippen LogP contribution in [0, 0.1) is 12.8 Å². The second-order valence-electron chi connectivity index (χ2n) is 5.87. The van der Waals surface area contributed by atoms with E-state index in [1.165, 1.54) is 0 Å². The lowest BCUT2D eigenvalue weighted by molar-refractivity contribution is 0.0531. The van der Waals surface area contributed by atoms with Crippen molar-refractivity contribution in [1.29, 1.82) is 0 Å². The Hall–Kier alpha value is -2.11. The minimum atomic E-state index is -0.868. The summed E-state index contributed by atoms with van der Waals surface area (Å²) in [5.41, 5.74) is 3.31. The molecule has 2 unspecified atom stereocenters. The number of aliphatic hydroxyl groups excluding tert-OH is 1. The first-order chi connectivity index (χ1) is 10.7. The molecule has 0 aliphatic carbocycles. The highest BCUT2D eigenvalue weighted by Crippen LogP contribution is 2.34. The molecule has 0 amide bonds. The third-order valence-corrected chi connectivity index (χ3v) is 4.57. The first-order valence-corrected chi connectivity index (χ1v) is 7.48. The number of hydrogen-bond donors (Lipinski definition) is 2. The fourth-order valence-corrected chi connectivity index (χ4v) is 3.40. The lowest BCUT2D eigenvalue weighted by Gasteiger charge is -2.27. The van der Waals surface area contributed by atoms with E-state index in [0.717, 1.165) is 28.7 Å². The zero-order valence-corrected chi connectivity index (χ0v) is 13.5. The second kappa shape index (κ2) is 5.83. The van der Waals surface area contributed by atoms with E-state index in [1.807, 2.05) is 31.2 Å². The summed E-state index contributed by atoms with van der Waals surface area (Å²) in [6.07, 6.45) is 2.11. The largest absolute Gasteiger partial charge is 0.386 e. The molecular formula is C17H18ClN3O2. The summed E-state index contributed by atoms with van der Waals surface area (Å²) in [4.78, 5) is 20.0. The molecule has 2 N–H and O–H groups in total. The number of fused-ring (bicyclic) bond motifs is 3. The maximum Gasteiger partial charge on any atom is 0.237 e. The van der Waals surface area contributed by atoms with Gasteiger partial charge in [-0.1, -0.05) is 18.2 Å². The number of aryl methyl sites for hydroxylation is 2. The predicted molar refractivity (Wildman–Crippen MR) is 89.9 cm³/mol. The van der Waals surface area contributed by atoms with Gasteiger partial charge in [0, 0.05) is 16.8 Å². The number of aliphatic hydroxyl groups is 1. The molecule has 120 valence electrons. The Morgan fingerprint density at radius 1 is 1.39 bits per heavy atom. The number of nitrogens with zero attached hydrogens (tertiary/aromatic N) is 2. The monoisotopic (exact) mass is 331 g/mol. The molecule has 2 aromatic heterocycles. The van der Waals surface area contributed by atoms with Crippen molar-refractivity contribution in [3.63, 3.8) is 0 Å². The Balaban J connectivity index is 0.00000156. The lowest BCUT2D eigenvalue weighted by Crippen LogP contribution is -2.33. The summed E-state index contributed by atoms with van der Waals surface area (Å²) in [6, 6.07) is 9.93. The predicted octanol–water partition coefficient (Wildman–Crippen LogP) is 3.03. The summed E-state index contributed by atoms with van der Waals surface area (Å²) in [6.45, 7) is 1.86. The number of aromatic amines is 1. The van der Waals surface area contributed by atoms with Crippen LogP contribution in [-0.4, -0.2) is 25.5 Å². The van der Waals surface area contributed by atoms with Crippen LogP contribution >= 0.6 is 12.4 Å². The average Bonchev–Trinajstić information content (AvgIpc) is 3.10. The number of carbonyl (C=O) groups excluding carboxylic acids is 1. The van der Waals surface area contributed by atoms with E-state index in [9.17, 15) is 9.90 Å². The summed E-state index contributed by atoms with van der Waals surface area (Å²) in [5.74, 6) is -0.498. The third-order valence-electron chi connectivity index (χ3n) is 4.57. The molecule has 23 heavy (non-hydrogen) atoms. The van der Waals surface area contributed by atoms with Crippen LogP contribution in [0.2, 0.25) is 0 Å². The fraction of sp³-hybridized carbons (Fsp3) is 0.294. The summed E-state index contributed by atoms with van der Waals surface area (Å²) in [7, 11) is 0. The van der Waals surface area contributed by atoms with Gasteiger partial charge in [-0.3, -0.25) is 9.36 Å². The summed E-state index contributed by atoms with van der Waals surface area (Å²) < 4.78 is 1.76. The number of para-hydroxylation sites is 1. The van der Waals surface area contributed by atoms with Crippen molar-refractivity contribution >= 4 is 29.2 Å². The van der Waals surface area contributed by atoms with Crippen LogP contribution in [0.15, 0.2) is 36.7 Å². The van der Waals surface area contributed by atoms with Gasteiger partial charge in [-0.15, -0.1) is 12.4 Å². The number of rotatable bonds is 2. The van der Waals surface area contributed by atoms with Crippen LogP contribution < -0.4 is 0 Å². The third kappa shape index (κ3) is 2.36. The van der Waals surface area contributed by atoms with Crippen LogP contribution in [0.3, 0.4) is 0 Å². The number of halogens is 1. The molecule has 0 saturated heterocycles. The number of hydrogen-bond acceptors (Lipinski definition) is 3. The van der Waals surface area contributed by atoms with Crippen LogP contribution in [-0.2, 0) is 6.42 Å². The van der Waals surface area contributed by atoms with Crippen molar-refractivity contribution in [2.45, 2.75) is 25.9 Å². The van der Waals surface area contributed by atoms with Crippen LogP contribution in [0.25, 0.3) is 10.9 Å². The molecule has 0 spiro atoms. The van der Waals surface area contributed by atoms with Crippen molar-refractivity contribution in [1.82, 2.24) is 14.5 Å². The van der Waals surface area contributed by atoms with Crippen molar-refractivity contribution < 1.29 is 9.90 Å². The highest BCUT2D eigenvalue weighted by atomic mass is 35.5. The molecule has 3 aromatic rings. The minimum Gasteiger partial charge on any atom is -0.386 e. The van der Waals surface area contributed by atoms with Crippen molar-refractivity contribution in [2.24, 2.45) is 5.92 Å². The maximum atomic E-state index is 12.9. The molecule has 1 aromatic carbocycles. The van der Waals surface area contributed by atoms with Gasteiger partial charge in [0.1, 0.15) is 6.10 Å². The standard InChI is InChI=1S/C17H17N3O2.ClH/c1-10-15(19-9-18-10)16(21)13-7-6-12-8-11-4-2-3-5-14(11)20(12)17(13)22;/h2-5,8-9,13,16,21H,6-7H2,1H3,(H,18,19);1H. The van der Waals surface area contributed by atoms with E-state index in [1.54, 1.807) is 10.9 Å². The number of benzene rings is 1. The molecule has 0 bridgehead atoms. The Morgan fingerprint density at radius 3 is 2.91 bits per heavy atom. The molecular weight excluding hydrogens is 314 g/mol. The molecule has 6 heteroatoms. The first kappa shape index (κ1) is 15.8. The van der Waals surface area contributed by atoms with Gasteiger partial charge >= 0.3 is 0 Å². The highest BCUT2D eigenvalue weighted by Gasteiger charge is 2.35. The minimum absolute atomic E-state index is 0. The smallest absolute Gasteiger partial charge is 0.237 e. The van der Waals surface area contributed by atoms with Gasteiger partial charge in [0.2, 0.25) is 5.91 Å². The number of imidazole rings is 1. The van der Waals surface area contributed by atoms with Gasteiger partial charge in [-0.2, -0.15) is 0 Å². The van der Waals surface area contributed by atoms with Crippen LogP contribution in [0.4, 0.5) is 0 Å². The van der Waals surface area contributed by atoms with E-state index < -0.39 is 12.0 Å². The molecule has 2 atom stereocenters. The second-order valence-corrected chi connectivity index (χ2v) is 5.87. The van der Waals surface area contributed by atoms with Crippen molar-refractivity contribution in [2.75, 3.05) is 0 Å². The molecule has 5 nitrogen and oxygen atoms in total. The van der Waals surface area contributed by atoms with E-state index >= 15 is 0 Å². The number of nitrogens with one attached hydrogen (secondary N) is 1. The van der Waals surface area contributed by atoms with E-state index in [-0.39, 0.29) is 18.3 Å². The molecule has 0 radical (unpaired) electrons. The summed E-state index contributed by atoms with van der Waals surface area (Å²) in [5, 5.41) is 11.7. The number of aromatic nitrogens is 3. The van der Waals surface area contributed by atoms with Crippen LogP contribution in [0.5, 0.6) is 0 Å². The lowest BCUT2D eigenvalue weighted by atomic mass is 9.89. The Bertz CT molecular complexity index is 868. The van der Waals surface area contributed by atoms with Gasteiger partial charge < -0.3 is 10.1 Å². The molecule has 0 saturated carbocycles. The maximum absolute atomic E-state index is 12.9. The van der Waals surface area contributed by atoms with Gasteiger partial charge in [-0.25, -0.2) is 4.98 Å². The van der Waals surface area contributed by atoms with E-state index in [0.29, 0.717) is 12.1 Å². The number of carbonyl (C=O) groups is 1. The van der Waals surface area contributed by atoms with Gasteiger partial charge in [-0.05, 0) is 31.9 Å². The molecule has 1 aliphatic rings. The molecule has 4 rings (SSSR count). The van der Waals surface area contributed by atoms with E-state index in [2.05, 4.69) is 16.0 Å². The topological polar surface area (TPSA) is 70.9 Å². The zero-order valence-electron chi connectivity index (χ0n) is 12.7. The van der Waals surface area contributed by atoms with Crippen molar-refractivity contribution in [3.05, 3.63) is 53.7 Å². The SMILES string of the molecule is Cc1[nH]cnc1C(O)C1CCc2cc3ccccc3n2C1=O.Cl. The molecule has 3 heterocycles. The van der Waals surface area contributed by atoms with Gasteiger partial charge in [0.15, 0.2) is 0 Å². The fourth-order valence-electron chi connectivity index (χ4n) is 3.40. The Kier molecular flexibility index (Phi) is 4.00. The van der Waals surface area contributed by atoms with Gasteiger partial charge in [0.25, 0.3) is 0 Å². The molecule has 1 aliphatic heterocycles. The summed E-state index contributed by atoms with van der Waals surface area (Å²) >= 11 is 0. The Labute approximate surface area is 139 Å². The Morgan fingerprint density at radius 2 is 2.17 bits per heavy atom. The zero-order chi connectivity index (χ0) is 15.3. The molecule has 0 fully saturated rings.